The average Bonchev–Trinajstić information content (AvgIpc) is 3.02. The lowest BCUT2D eigenvalue weighted by atomic mass is 10.1. The number of carbonyl (C=O) groups is 1. The van der Waals surface area contributed by atoms with E-state index in [1.807, 2.05) is 19.1 Å². The van der Waals surface area contributed by atoms with Crippen LogP contribution in [-0.2, 0) is 0 Å². The van der Waals surface area contributed by atoms with Crippen molar-refractivity contribution >= 4 is 11.6 Å². The molecule has 0 atom stereocenters. The molecule has 1 aliphatic carbocycles. The molecular formula is C12H16N2O. The second-order valence-corrected chi connectivity index (χ2v) is 4.24. The minimum atomic E-state index is -0.0527. The Balaban J connectivity index is 2.05. The molecule has 1 aromatic carbocycles. The minimum Gasteiger partial charge on any atom is -0.398 e. The van der Waals surface area contributed by atoms with Crippen molar-refractivity contribution in [1.82, 2.24) is 5.32 Å². The molecule has 1 amide bonds. The number of benzene rings is 1. The van der Waals surface area contributed by atoms with Gasteiger partial charge in [-0.05, 0) is 37.8 Å². The average molecular weight is 204 g/mol. The molecule has 0 saturated heterocycles. The number of hydrogen-bond donors (Lipinski definition) is 2. The summed E-state index contributed by atoms with van der Waals surface area (Å²) in [5.41, 5.74) is 7.95. The molecule has 0 spiro atoms. The van der Waals surface area contributed by atoms with Crippen molar-refractivity contribution < 1.29 is 4.79 Å². The fourth-order valence-electron chi connectivity index (χ4n) is 1.52. The van der Waals surface area contributed by atoms with Gasteiger partial charge in [-0.25, -0.2) is 0 Å². The van der Waals surface area contributed by atoms with Gasteiger partial charge in [0, 0.05) is 12.2 Å². The van der Waals surface area contributed by atoms with Crippen molar-refractivity contribution in [3.63, 3.8) is 0 Å². The van der Waals surface area contributed by atoms with Crippen LogP contribution in [0.25, 0.3) is 0 Å². The minimum absolute atomic E-state index is 0.0527. The van der Waals surface area contributed by atoms with Gasteiger partial charge < -0.3 is 11.1 Å². The largest absolute Gasteiger partial charge is 0.398 e. The summed E-state index contributed by atoms with van der Waals surface area (Å²) in [6.07, 6.45) is 2.48. The van der Waals surface area contributed by atoms with E-state index in [9.17, 15) is 4.79 Å². The summed E-state index contributed by atoms with van der Waals surface area (Å²) >= 11 is 0. The van der Waals surface area contributed by atoms with Crippen molar-refractivity contribution in [1.29, 1.82) is 0 Å². The third-order valence-corrected chi connectivity index (χ3v) is 2.70. The zero-order valence-electron chi connectivity index (χ0n) is 8.92. The van der Waals surface area contributed by atoms with Crippen molar-refractivity contribution in [3.05, 3.63) is 29.3 Å². The van der Waals surface area contributed by atoms with Crippen LogP contribution in [0.4, 0.5) is 5.69 Å². The lowest BCUT2D eigenvalue weighted by Crippen LogP contribution is -2.26. The maximum atomic E-state index is 11.8. The normalized spacial score (nSPS) is 15.0. The maximum absolute atomic E-state index is 11.8. The van der Waals surface area contributed by atoms with E-state index in [2.05, 4.69) is 5.32 Å². The van der Waals surface area contributed by atoms with Gasteiger partial charge in [0.15, 0.2) is 0 Å². The van der Waals surface area contributed by atoms with Gasteiger partial charge in [-0.3, -0.25) is 4.79 Å². The number of anilines is 1. The number of nitrogen functional groups attached to an aromatic ring is 1. The van der Waals surface area contributed by atoms with Crippen LogP contribution in [0.3, 0.4) is 0 Å². The molecule has 3 N–H and O–H groups in total. The molecule has 0 aliphatic heterocycles. The van der Waals surface area contributed by atoms with Crippen LogP contribution in [0.15, 0.2) is 18.2 Å². The van der Waals surface area contributed by atoms with Gasteiger partial charge in [0.25, 0.3) is 5.91 Å². The summed E-state index contributed by atoms with van der Waals surface area (Å²) in [6.45, 7) is 2.74. The number of nitrogens with one attached hydrogen (secondary N) is 1. The molecular weight excluding hydrogens is 188 g/mol. The van der Waals surface area contributed by atoms with Gasteiger partial charge in [0.05, 0.1) is 5.56 Å². The van der Waals surface area contributed by atoms with Gasteiger partial charge in [-0.15, -0.1) is 0 Å². The molecule has 1 aromatic rings. The molecule has 1 fully saturated rings. The van der Waals surface area contributed by atoms with Gasteiger partial charge in [-0.1, -0.05) is 11.6 Å². The lowest BCUT2D eigenvalue weighted by molar-refractivity contribution is 0.0952. The Morgan fingerprint density at radius 1 is 1.53 bits per heavy atom. The molecule has 0 unspecified atom stereocenters. The van der Waals surface area contributed by atoms with Gasteiger partial charge in [-0.2, -0.15) is 0 Å². The van der Waals surface area contributed by atoms with E-state index in [1.165, 1.54) is 12.8 Å². The SMILES string of the molecule is Cc1ccc(N)c(C(=O)NCC2CC2)c1. The Kier molecular flexibility index (Phi) is 2.62. The number of rotatable bonds is 3. The van der Waals surface area contributed by atoms with Crippen LogP contribution in [-0.4, -0.2) is 12.5 Å². The molecule has 2 rings (SSSR count). The Labute approximate surface area is 89.7 Å². The quantitative estimate of drug-likeness (QED) is 0.736. The third-order valence-electron chi connectivity index (χ3n) is 2.70. The summed E-state index contributed by atoms with van der Waals surface area (Å²) in [5, 5.41) is 2.91. The zero-order chi connectivity index (χ0) is 10.8. The number of carbonyl (C=O) groups excluding carboxylic acids is 1. The first-order valence-electron chi connectivity index (χ1n) is 5.31. The summed E-state index contributed by atoms with van der Waals surface area (Å²) in [6, 6.07) is 5.52. The van der Waals surface area contributed by atoms with E-state index in [0.717, 1.165) is 12.1 Å². The molecule has 0 aromatic heterocycles. The van der Waals surface area contributed by atoms with E-state index in [1.54, 1.807) is 6.07 Å². The van der Waals surface area contributed by atoms with Crippen molar-refractivity contribution in [3.8, 4) is 0 Å². The summed E-state index contributed by atoms with van der Waals surface area (Å²) in [4.78, 5) is 11.8. The van der Waals surface area contributed by atoms with Gasteiger partial charge in [0.1, 0.15) is 0 Å². The Bertz CT molecular complexity index is 383. The molecule has 1 aliphatic rings. The smallest absolute Gasteiger partial charge is 0.253 e. The Hall–Kier alpha value is -1.51. The third kappa shape index (κ3) is 2.49. The fourth-order valence-corrected chi connectivity index (χ4v) is 1.52. The highest BCUT2D eigenvalue weighted by Gasteiger charge is 2.22. The standard InChI is InChI=1S/C12H16N2O/c1-8-2-5-11(13)10(6-8)12(15)14-7-9-3-4-9/h2,5-6,9H,3-4,7,13H2,1H3,(H,14,15). The van der Waals surface area contributed by atoms with Crippen LogP contribution in [0.5, 0.6) is 0 Å². The first-order valence-corrected chi connectivity index (χ1v) is 5.31. The number of amides is 1. The highest BCUT2D eigenvalue weighted by Crippen LogP contribution is 2.27. The Morgan fingerprint density at radius 3 is 2.93 bits per heavy atom. The Morgan fingerprint density at radius 2 is 2.27 bits per heavy atom. The van der Waals surface area contributed by atoms with E-state index in [0.29, 0.717) is 17.2 Å². The molecule has 80 valence electrons. The zero-order valence-corrected chi connectivity index (χ0v) is 8.92. The van der Waals surface area contributed by atoms with Crippen LogP contribution in [0, 0.1) is 12.8 Å². The molecule has 15 heavy (non-hydrogen) atoms. The number of nitrogens with two attached hydrogens (primary N) is 1. The predicted molar refractivity (Wildman–Crippen MR) is 60.6 cm³/mol. The predicted octanol–water partition coefficient (Wildman–Crippen LogP) is 1.72. The molecule has 1 saturated carbocycles. The molecule has 0 bridgehead atoms. The van der Waals surface area contributed by atoms with Crippen molar-refractivity contribution in [2.75, 3.05) is 12.3 Å². The van der Waals surface area contributed by atoms with Crippen molar-refractivity contribution in [2.24, 2.45) is 5.92 Å². The van der Waals surface area contributed by atoms with Crippen LogP contribution in [0.1, 0.15) is 28.8 Å². The second kappa shape index (κ2) is 3.93. The summed E-state index contributed by atoms with van der Waals surface area (Å²) in [7, 11) is 0. The first kappa shape index (κ1) is 10.0. The van der Waals surface area contributed by atoms with Crippen LogP contribution in [0.2, 0.25) is 0 Å². The maximum Gasteiger partial charge on any atom is 0.253 e. The molecule has 3 heteroatoms. The summed E-state index contributed by atoms with van der Waals surface area (Å²) in [5.74, 6) is 0.642. The molecule has 0 radical (unpaired) electrons. The van der Waals surface area contributed by atoms with Crippen LogP contribution < -0.4 is 11.1 Å². The highest BCUT2D eigenvalue weighted by molar-refractivity contribution is 5.99. The lowest BCUT2D eigenvalue weighted by Gasteiger charge is -2.07. The van der Waals surface area contributed by atoms with Crippen molar-refractivity contribution in [2.45, 2.75) is 19.8 Å². The van der Waals surface area contributed by atoms with E-state index >= 15 is 0 Å². The second-order valence-electron chi connectivity index (χ2n) is 4.24. The highest BCUT2D eigenvalue weighted by atomic mass is 16.1. The van der Waals surface area contributed by atoms with Crippen LogP contribution >= 0.6 is 0 Å². The van der Waals surface area contributed by atoms with Gasteiger partial charge in [0.2, 0.25) is 0 Å². The number of aryl methyl sites for hydroxylation is 1. The summed E-state index contributed by atoms with van der Waals surface area (Å²) < 4.78 is 0. The monoisotopic (exact) mass is 204 g/mol. The molecule has 0 heterocycles. The number of hydrogen-bond acceptors (Lipinski definition) is 2. The molecule has 3 nitrogen and oxygen atoms in total. The first-order chi connectivity index (χ1) is 7.16. The van der Waals surface area contributed by atoms with E-state index in [-0.39, 0.29) is 5.91 Å². The van der Waals surface area contributed by atoms with E-state index in [4.69, 9.17) is 5.73 Å². The van der Waals surface area contributed by atoms with Gasteiger partial charge >= 0.3 is 0 Å². The van der Waals surface area contributed by atoms with E-state index < -0.39 is 0 Å². The topological polar surface area (TPSA) is 55.1 Å². The fraction of sp³-hybridized carbons (Fsp3) is 0.417.